The van der Waals surface area contributed by atoms with Crippen LogP contribution in [0.25, 0.3) is 0 Å². The summed E-state index contributed by atoms with van der Waals surface area (Å²) in [5.41, 5.74) is 5.73. The Balaban J connectivity index is 0.00000147. The van der Waals surface area contributed by atoms with Gasteiger partial charge >= 0.3 is 0 Å². The van der Waals surface area contributed by atoms with Gasteiger partial charge in [0, 0.05) is 18.8 Å². The third-order valence-electron chi connectivity index (χ3n) is 4.37. The first-order valence-corrected chi connectivity index (χ1v) is 6.99. The average molecular weight is 308 g/mol. The number of nitrogens with zero attached hydrogens (tertiary/aromatic N) is 2. The van der Waals surface area contributed by atoms with E-state index in [2.05, 4.69) is 10.1 Å². The fourth-order valence-electron chi connectivity index (χ4n) is 3.22. The molecular weight excluding hydrogens is 288 g/mol. The summed E-state index contributed by atoms with van der Waals surface area (Å²) in [6.07, 6.45) is 4.76. The maximum Gasteiger partial charge on any atom is 0.248 e. The van der Waals surface area contributed by atoms with Crippen molar-refractivity contribution in [2.24, 2.45) is 5.73 Å². The van der Waals surface area contributed by atoms with Gasteiger partial charge in [-0.2, -0.15) is 4.98 Å². The zero-order valence-electron chi connectivity index (χ0n) is 11.3. The maximum absolute atomic E-state index is 13.4. The lowest BCUT2D eigenvalue weighted by molar-refractivity contribution is -0.0440. The van der Waals surface area contributed by atoms with Crippen molar-refractivity contribution in [2.75, 3.05) is 0 Å². The van der Waals surface area contributed by atoms with Crippen LogP contribution in [0.15, 0.2) is 4.52 Å². The molecule has 1 unspecified atom stereocenters. The molecule has 0 saturated heterocycles. The van der Waals surface area contributed by atoms with E-state index in [1.54, 1.807) is 0 Å². The molecule has 1 aromatic rings. The van der Waals surface area contributed by atoms with Gasteiger partial charge in [-0.15, -0.1) is 12.4 Å². The fourth-order valence-corrected chi connectivity index (χ4v) is 3.22. The molecule has 4 nitrogen and oxygen atoms in total. The van der Waals surface area contributed by atoms with Crippen LogP contribution in [0.5, 0.6) is 0 Å². The molecule has 1 heterocycles. The smallest absolute Gasteiger partial charge is 0.248 e. The summed E-state index contributed by atoms with van der Waals surface area (Å²) in [6.45, 7) is 0. The van der Waals surface area contributed by atoms with E-state index >= 15 is 0 Å². The molecule has 0 spiro atoms. The van der Waals surface area contributed by atoms with Crippen LogP contribution in [0.1, 0.15) is 69.0 Å². The predicted octanol–water partition coefficient (Wildman–Crippen LogP) is 3.51. The Morgan fingerprint density at radius 1 is 1.15 bits per heavy atom. The van der Waals surface area contributed by atoms with Gasteiger partial charge in [-0.25, -0.2) is 8.78 Å². The Hall–Kier alpha value is -0.750. The topological polar surface area (TPSA) is 64.9 Å². The van der Waals surface area contributed by atoms with Crippen LogP contribution >= 0.6 is 12.4 Å². The second-order valence-electron chi connectivity index (χ2n) is 5.97. The molecule has 2 N–H and O–H groups in total. The zero-order chi connectivity index (χ0) is 13.5. The van der Waals surface area contributed by atoms with Gasteiger partial charge in [0.1, 0.15) is 0 Å². The van der Waals surface area contributed by atoms with Crippen LogP contribution in [-0.2, 0) is 5.54 Å². The first-order valence-electron chi connectivity index (χ1n) is 6.99. The largest absolute Gasteiger partial charge is 0.339 e. The molecule has 2 aliphatic carbocycles. The van der Waals surface area contributed by atoms with Gasteiger partial charge in [0.25, 0.3) is 0 Å². The van der Waals surface area contributed by atoms with Crippen LogP contribution in [0.2, 0.25) is 0 Å². The third kappa shape index (κ3) is 2.96. The van der Waals surface area contributed by atoms with Crippen molar-refractivity contribution in [3.63, 3.8) is 0 Å². The van der Waals surface area contributed by atoms with Crippen LogP contribution in [0.3, 0.4) is 0 Å². The minimum absolute atomic E-state index is 0. The molecule has 1 atom stereocenters. The highest BCUT2D eigenvalue weighted by atomic mass is 35.5. The molecule has 3 rings (SSSR count). The van der Waals surface area contributed by atoms with E-state index in [0.717, 1.165) is 25.7 Å². The second kappa shape index (κ2) is 5.56. The molecule has 2 aliphatic rings. The van der Waals surface area contributed by atoms with Gasteiger partial charge in [-0.3, -0.25) is 0 Å². The highest BCUT2D eigenvalue weighted by Gasteiger charge is 2.41. The lowest BCUT2D eigenvalue weighted by Crippen LogP contribution is -2.34. The maximum atomic E-state index is 13.4. The zero-order valence-corrected chi connectivity index (χ0v) is 12.1. The van der Waals surface area contributed by atoms with Crippen molar-refractivity contribution in [1.82, 2.24) is 10.1 Å². The van der Waals surface area contributed by atoms with Gasteiger partial charge in [0.2, 0.25) is 11.8 Å². The first-order chi connectivity index (χ1) is 8.99. The third-order valence-corrected chi connectivity index (χ3v) is 4.37. The highest BCUT2D eigenvalue weighted by Crippen LogP contribution is 2.42. The SMILES string of the molecule is Cl.NC1(c2noc(C3CCCC(F)(F)C3)n2)CCCC1. The van der Waals surface area contributed by atoms with Gasteiger partial charge in [-0.05, 0) is 25.7 Å². The lowest BCUT2D eigenvalue weighted by atomic mass is 9.86. The number of hydrogen-bond donors (Lipinski definition) is 1. The quantitative estimate of drug-likeness (QED) is 0.908. The van der Waals surface area contributed by atoms with E-state index in [-0.39, 0.29) is 31.2 Å². The van der Waals surface area contributed by atoms with E-state index in [9.17, 15) is 8.78 Å². The summed E-state index contributed by atoms with van der Waals surface area (Å²) in [5, 5.41) is 3.94. The summed E-state index contributed by atoms with van der Waals surface area (Å²) in [6, 6.07) is 0. The molecule has 0 aliphatic heterocycles. The minimum Gasteiger partial charge on any atom is -0.339 e. The van der Waals surface area contributed by atoms with Crippen molar-refractivity contribution in [3.8, 4) is 0 Å². The van der Waals surface area contributed by atoms with Crippen LogP contribution < -0.4 is 5.73 Å². The number of nitrogens with two attached hydrogens (primary N) is 1. The number of halogens is 3. The van der Waals surface area contributed by atoms with Crippen molar-refractivity contribution < 1.29 is 13.3 Å². The van der Waals surface area contributed by atoms with E-state index in [1.807, 2.05) is 0 Å². The monoisotopic (exact) mass is 307 g/mol. The molecule has 7 heteroatoms. The molecule has 0 aromatic carbocycles. The van der Waals surface area contributed by atoms with Crippen molar-refractivity contribution in [1.29, 1.82) is 0 Å². The summed E-state index contributed by atoms with van der Waals surface area (Å²) >= 11 is 0. The van der Waals surface area contributed by atoms with E-state index in [0.29, 0.717) is 24.6 Å². The number of hydrogen-bond acceptors (Lipinski definition) is 4. The first kappa shape index (κ1) is 15.6. The van der Waals surface area contributed by atoms with Crippen molar-refractivity contribution in [2.45, 2.75) is 68.7 Å². The summed E-state index contributed by atoms with van der Waals surface area (Å²) in [7, 11) is 0. The van der Waals surface area contributed by atoms with Crippen LogP contribution in [-0.4, -0.2) is 16.1 Å². The van der Waals surface area contributed by atoms with Crippen LogP contribution in [0, 0.1) is 0 Å². The Morgan fingerprint density at radius 3 is 2.50 bits per heavy atom. The summed E-state index contributed by atoms with van der Waals surface area (Å²) in [4.78, 5) is 4.32. The summed E-state index contributed by atoms with van der Waals surface area (Å²) in [5.74, 6) is -2.10. The number of aromatic nitrogens is 2. The standard InChI is InChI=1S/C13H19F2N3O.ClH/c14-13(15)7-3-4-9(8-13)10-17-11(18-19-10)12(16)5-1-2-6-12;/h9H,1-8,16H2;1H. The Morgan fingerprint density at radius 2 is 1.85 bits per heavy atom. The van der Waals surface area contributed by atoms with Crippen LogP contribution in [0.4, 0.5) is 8.78 Å². The molecule has 0 bridgehead atoms. The van der Waals surface area contributed by atoms with Crippen molar-refractivity contribution in [3.05, 3.63) is 11.7 Å². The van der Waals surface area contributed by atoms with Gasteiger partial charge < -0.3 is 10.3 Å². The number of alkyl halides is 2. The molecule has 2 fully saturated rings. The average Bonchev–Trinajstić information content (AvgIpc) is 2.97. The molecule has 2 saturated carbocycles. The number of rotatable bonds is 2. The van der Waals surface area contributed by atoms with E-state index in [1.165, 1.54) is 0 Å². The molecule has 0 amide bonds. The predicted molar refractivity (Wildman–Crippen MR) is 72.0 cm³/mol. The molecule has 114 valence electrons. The minimum atomic E-state index is -2.61. The van der Waals surface area contributed by atoms with Gasteiger partial charge in [-0.1, -0.05) is 18.0 Å². The van der Waals surface area contributed by atoms with E-state index in [4.69, 9.17) is 10.3 Å². The Labute approximate surface area is 122 Å². The highest BCUT2D eigenvalue weighted by molar-refractivity contribution is 5.85. The molecule has 0 radical (unpaired) electrons. The molecule has 20 heavy (non-hydrogen) atoms. The Bertz CT molecular complexity index is 460. The van der Waals surface area contributed by atoms with Gasteiger partial charge in [0.05, 0.1) is 5.54 Å². The van der Waals surface area contributed by atoms with Crippen molar-refractivity contribution >= 4 is 12.4 Å². The Kier molecular flexibility index (Phi) is 4.35. The van der Waals surface area contributed by atoms with Gasteiger partial charge in [0.15, 0.2) is 5.82 Å². The van der Waals surface area contributed by atoms with E-state index < -0.39 is 11.5 Å². The fraction of sp³-hybridized carbons (Fsp3) is 0.846. The molecular formula is C13H20ClF2N3O. The summed E-state index contributed by atoms with van der Waals surface area (Å²) < 4.78 is 32.0. The normalized spacial score (nSPS) is 28.1. The lowest BCUT2D eigenvalue weighted by Gasteiger charge is -2.26. The molecule has 1 aromatic heterocycles. The second-order valence-corrected chi connectivity index (χ2v) is 5.97.